The van der Waals surface area contributed by atoms with Crippen molar-refractivity contribution in [3.8, 4) is 11.3 Å². The summed E-state index contributed by atoms with van der Waals surface area (Å²) in [6.45, 7) is 3.93. The van der Waals surface area contributed by atoms with Crippen LogP contribution in [0.5, 0.6) is 0 Å². The maximum absolute atomic E-state index is 12.2. The molecule has 7 nitrogen and oxygen atoms in total. The molecule has 0 aliphatic heterocycles. The van der Waals surface area contributed by atoms with Crippen molar-refractivity contribution < 1.29 is 9.21 Å². The maximum Gasteiger partial charge on any atom is 0.290 e. The number of furan rings is 1. The number of rotatable bonds is 6. The molecule has 2 heterocycles. The molecule has 2 aromatic heterocycles. The van der Waals surface area contributed by atoms with E-state index in [1.165, 1.54) is 6.07 Å². The zero-order valence-corrected chi connectivity index (χ0v) is 15.4. The average molecular weight is 366 g/mol. The zero-order valence-electron chi connectivity index (χ0n) is 15.4. The molecular formula is C20H22N4O3. The highest BCUT2D eigenvalue weighted by atomic mass is 16.3. The highest BCUT2D eigenvalue weighted by Crippen LogP contribution is 2.24. The van der Waals surface area contributed by atoms with Crippen molar-refractivity contribution in [2.24, 2.45) is 0 Å². The maximum atomic E-state index is 12.2. The summed E-state index contributed by atoms with van der Waals surface area (Å²) < 4.78 is 6.60. The summed E-state index contributed by atoms with van der Waals surface area (Å²) in [5.41, 5.74) is 7.75. The van der Waals surface area contributed by atoms with E-state index in [0.717, 1.165) is 21.6 Å². The number of nitrogens with zero attached hydrogens (tertiary/aromatic N) is 2. The third kappa shape index (κ3) is 4.44. The summed E-state index contributed by atoms with van der Waals surface area (Å²) in [6, 6.07) is 13.2. The average Bonchev–Trinajstić information content (AvgIpc) is 2.98. The van der Waals surface area contributed by atoms with Crippen LogP contribution in [-0.2, 0) is 17.8 Å². The molecule has 0 radical (unpaired) electrons. The fourth-order valence-corrected chi connectivity index (χ4v) is 2.87. The Hall–Kier alpha value is -3.35. The second kappa shape index (κ2) is 7.90. The molecule has 140 valence electrons. The van der Waals surface area contributed by atoms with Crippen LogP contribution in [0.4, 0.5) is 5.69 Å². The summed E-state index contributed by atoms with van der Waals surface area (Å²) in [6.07, 6.45) is 0.713. The van der Waals surface area contributed by atoms with Gasteiger partial charge in [0, 0.05) is 12.1 Å². The summed E-state index contributed by atoms with van der Waals surface area (Å²) in [4.78, 5) is 24.5. The van der Waals surface area contributed by atoms with Gasteiger partial charge in [-0.3, -0.25) is 9.59 Å². The van der Waals surface area contributed by atoms with Gasteiger partial charge in [0.2, 0.25) is 5.91 Å². The van der Waals surface area contributed by atoms with Crippen LogP contribution in [0.15, 0.2) is 51.7 Å². The van der Waals surface area contributed by atoms with E-state index in [-0.39, 0.29) is 18.1 Å². The lowest BCUT2D eigenvalue weighted by Crippen LogP contribution is -2.35. The number of nitrogen functional groups attached to an aromatic ring is 1. The zero-order chi connectivity index (χ0) is 19.4. The number of nitrogens with two attached hydrogens (primary N) is 1. The number of carbonyl (C=O) groups excluding carboxylic acids is 1. The molecule has 0 fully saturated rings. The highest BCUT2D eigenvalue weighted by Gasteiger charge is 2.14. The summed E-state index contributed by atoms with van der Waals surface area (Å²) in [7, 11) is 0. The summed E-state index contributed by atoms with van der Waals surface area (Å²) >= 11 is 0. The predicted molar refractivity (Wildman–Crippen MR) is 103 cm³/mol. The molecule has 0 aliphatic carbocycles. The second-order valence-electron chi connectivity index (χ2n) is 6.36. The lowest BCUT2D eigenvalue weighted by atomic mass is 10.1. The topological polar surface area (TPSA) is 103 Å². The molecule has 0 bridgehead atoms. The molecule has 0 aliphatic rings. The van der Waals surface area contributed by atoms with Crippen molar-refractivity contribution in [1.29, 1.82) is 0 Å². The first-order valence-electron chi connectivity index (χ1n) is 8.69. The van der Waals surface area contributed by atoms with Crippen LogP contribution in [0.2, 0.25) is 0 Å². The number of hydrogen-bond acceptors (Lipinski definition) is 5. The van der Waals surface area contributed by atoms with Crippen LogP contribution >= 0.6 is 0 Å². The first-order valence-corrected chi connectivity index (χ1v) is 8.69. The number of amides is 1. The number of anilines is 1. The summed E-state index contributed by atoms with van der Waals surface area (Å²) in [5, 5.41) is 7.09. The number of aryl methyl sites for hydroxylation is 2. The normalized spacial score (nSPS) is 10.7. The van der Waals surface area contributed by atoms with Gasteiger partial charge in [0.15, 0.2) is 0 Å². The van der Waals surface area contributed by atoms with Gasteiger partial charge in [0.25, 0.3) is 5.56 Å². The number of nitrogens with one attached hydrogen (secondary N) is 1. The molecule has 0 saturated heterocycles. The van der Waals surface area contributed by atoms with Crippen molar-refractivity contribution in [2.45, 2.75) is 26.8 Å². The fourth-order valence-electron chi connectivity index (χ4n) is 2.87. The van der Waals surface area contributed by atoms with Gasteiger partial charge >= 0.3 is 0 Å². The van der Waals surface area contributed by atoms with E-state index in [1.54, 1.807) is 0 Å². The molecule has 1 amide bonds. The van der Waals surface area contributed by atoms with Crippen LogP contribution in [0.25, 0.3) is 11.3 Å². The van der Waals surface area contributed by atoms with Crippen LogP contribution in [0.3, 0.4) is 0 Å². The predicted octanol–water partition coefficient (Wildman–Crippen LogP) is 2.06. The van der Waals surface area contributed by atoms with Gasteiger partial charge in [-0.15, -0.1) is 0 Å². The fraction of sp³-hybridized carbons (Fsp3) is 0.250. The number of aromatic nitrogens is 2. The van der Waals surface area contributed by atoms with Crippen LogP contribution in [0, 0.1) is 13.8 Å². The number of hydrogen-bond donors (Lipinski definition) is 2. The van der Waals surface area contributed by atoms with Gasteiger partial charge in [0.05, 0.1) is 5.69 Å². The van der Waals surface area contributed by atoms with Crippen molar-refractivity contribution in [2.75, 3.05) is 12.3 Å². The third-order valence-corrected chi connectivity index (χ3v) is 4.19. The molecule has 0 saturated carbocycles. The Kier molecular flexibility index (Phi) is 5.40. The largest absolute Gasteiger partial charge is 0.466 e. The SMILES string of the molecule is Cc1cc(-c2cc(N)c(=O)n(CC(=O)NCCc3ccccc3)n2)c(C)o1. The quantitative estimate of drug-likeness (QED) is 0.695. The minimum atomic E-state index is -0.491. The lowest BCUT2D eigenvalue weighted by Gasteiger charge is -2.09. The van der Waals surface area contributed by atoms with Gasteiger partial charge in [-0.2, -0.15) is 5.10 Å². The van der Waals surface area contributed by atoms with E-state index in [1.807, 2.05) is 50.2 Å². The van der Waals surface area contributed by atoms with E-state index in [9.17, 15) is 9.59 Å². The number of benzene rings is 1. The molecule has 7 heteroatoms. The van der Waals surface area contributed by atoms with Crippen molar-refractivity contribution >= 4 is 11.6 Å². The Labute approximate surface area is 156 Å². The first-order chi connectivity index (χ1) is 12.9. The molecular weight excluding hydrogens is 344 g/mol. The first kappa shape index (κ1) is 18.4. The summed E-state index contributed by atoms with van der Waals surface area (Å²) in [5.74, 6) is 1.12. The van der Waals surface area contributed by atoms with Crippen molar-refractivity contribution in [1.82, 2.24) is 15.1 Å². The molecule has 0 atom stereocenters. The molecule has 0 unspecified atom stereocenters. The second-order valence-corrected chi connectivity index (χ2v) is 6.36. The van der Waals surface area contributed by atoms with Gasteiger partial charge < -0.3 is 15.5 Å². The number of carbonyl (C=O) groups is 1. The Bertz CT molecular complexity index is 1010. The van der Waals surface area contributed by atoms with Crippen molar-refractivity contribution in [3.63, 3.8) is 0 Å². The van der Waals surface area contributed by atoms with Crippen LogP contribution in [0.1, 0.15) is 17.1 Å². The minimum absolute atomic E-state index is 0.0374. The van der Waals surface area contributed by atoms with Crippen molar-refractivity contribution in [3.05, 3.63) is 69.9 Å². The monoisotopic (exact) mass is 366 g/mol. The van der Waals surface area contributed by atoms with Gasteiger partial charge in [0.1, 0.15) is 23.8 Å². The highest BCUT2D eigenvalue weighted by molar-refractivity contribution is 5.75. The Morgan fingerprint density at radius 3 is 2.63 bits per heavy atom. The van der Waals surface area contributed by atoms with E-state index >= 15 is 0 Å². The Morgan fingerprint density at radius 2 is 1.96 bits per heavy atom. The van der Waals surface area contributed by atoms with E-state index < -0.39 is 5.56 Å². The van der Waals surface area contributed by atoms with Crippen LogP contribution < -0.4 is 16.6 Å². The van der Waals surface area contributed by atoms with Gasteiger partial charge in [-0.1, -0.05) is 30.3 Å². The van der Waals surface area contributed by atoms with E-state index in [2.05, 4.69) is 10.4 Å². The molecule has 0 spiro atoms. The van der Waals surface area contributed by atoms with E-state index in [0.29, 0.717) is 24.4 Å². The van der Waals surface area contributed by atoms with E-state index in [4.69, 9.17) is 10.2 Å². The third-order valence-electron chi connectivity index (χ3n) is 4.19. The lowest BCUT2D eigenvalue weighted by molar-refractivity contribution is -0.121. The molecule has 3 N–H and O–H groups in total. The smallest absolute Gasteiger partial charge is 0.290 e. The standard InChI is InChI=1S/C20H22N4O3/c1-13-10-16(14(2)27-13)18-11-17(21)20(26)24(23-18)12-19(25)22-9-8-15-6-4-3-5-7-15/h3-7,10-11H,8-9,12,21H2,1-2H3,(H,22,25). The molecule has 27 heavy (non-hydrogen) atoms. The minimum Gasteiger partial charge on any atom is -0.466 e. The van der Waals surface area contributed by atoms with Crippen LogP contribution in [-0.4, -0.2) is 22.2 Å². The Balaban J connectivity index is 1.71. The molecule has 3 aromatic rings. The Morgan fingerprint density at radius 1 is 1.22 bits per heavy atom. The van der Waals surface area contributed by atoms with Gasteiger partial charge in [-0.05, 0) is 38.0 Å². The molecule has 3 rings (SSSR count). The molecule has 1 aromatic carbocycles. The van der Waals surface area contributed by atoms with Gasteiger partial charge in [-0.25, -0.2) is 4.68 Å².